The predicted molar refractivity (Wildman–Crippen MR) is 113 cm³/mol. The van der Waals surface area contributed by atoms with Gasteiger partial charge in [0.1, 0.15) is 5.01 Å². The zero-order valence-electron chi connectivity index (χ0n) is 16.2. The van der Waals surface area contributed by atoms with Gasteiger partial charge in [-0.25, -0.2) is 14.6 Å². The molecule has 4 rings (SSSR count). The van der Waals surface area contributed by atoms with E-state index in [1.165, 1.54) is 41.7 Å². The molecule has 11 heteroatoms. The Morgan fingerprint density at radius 3 is 2.50 bits per heavy atom. The van der Waals surface area contributed by atoms with Gasteiger partial charge in [-0.05, 0) is 23.7 Å². The van der Waals surface area contributed by atoms with Crippen molar-refractivity contribution in [3.63, 3.8) is 0 Å². The highest BCUT2D eigenvalue weighted by atomic mass is 35.5. The number of carbonyl (C=O) groups is 1. The number of aryl methyl sites for hydroxylation is 1. The van der Waals surface area contributed by atoms with Crippen molar-refractivity contribution in [3.05, 3.63) is 67.0 Å². The van der Waals surface area contributed by atoms with E-state index in [9.17, 15) is 14.4 Å². The van der Waals surface area contributed by atoms with Gasteiger partial charge in [0.05, 0.1) is 24.9 Å². The average Bonchev–Trinajstić information content (AvgIpc) is 3.35. The minimum Gasteiger partial charge on any atom is -0.465 e. The summed E-state index contributed by atoms with van der Waals surface area (Å²) in [7, 11) is 4.28. The quantitative estimate of drug-likeness (QED) is 0.352. The number of rotatable bonds is 4. The van der Waals surface area contributed by atoms with Gasteiger partial charge in [0, 0.05) is 25.0 Å². The number of imidazole rings is 1. The topological polar surface area (TPSA) is 101 Å². The molecule has 1 aromatic carbocycles. The van der Waals surface area contributed by atoms with Gasteiger partial charge >= 0.3 is 11.7 Å². The Hall–Kier alpha value is -3.24. The average molecular weight is 446 g/mol. The van der Waals surface area contributed by atoms with E-state index in [2.05, 4.69) is 9.97 Å². The molecule has 0 N–H and O–H groups in total. The second kappa shape index (κ2) is 7.54. The Morgan fingerprint density at radius 2 is 1.83 bits per heavy atom. The van der Waals surface area contributed by atoms with E-state index in [1.807, 2.05) is 5.38 Å². The summed E-state index contributed by atoms with van der Waals surface area (Å²) in [5.74, 6) is -0.404. The van der Waals surface area contributed by atoms with Crippen molar-refractivity contribution in [1.29, 1.82) is 0 Å². The van der Waals surface area contributed by atoms with E-state index in [0.29, 0.717) is 11.3 Å². The molecule has 0 aliphatic carbocycles. The van der Waals surface area contributed by atoms with Crippen LogP contribution in [-0.4, -0.2) is 36.7 Å². The molecule has 4 aromatic rings. The van der Waals surface area contributed by atoms with E-state index in [0.717, 1.165) is 15.1 Å². The molecule has 0 bridgehead atoms. The summed E-state index contributed by atoms with van der Waals surface area (Å²) in [4.78, 5) is 45.1. The lowest BCUT2D eigenvalue weighted by atomic mass is 10.1. The SMILES string of the molecule is COC(=O)c1ccc(-c2nc(Cn3c(Cl)nc4c3c(=O)n(C)c(=O)n4C)cs2)cc1. The largest absolute Gasteiger partial charge is 0.465 e. The van der Waals surface area contributed by atoms with Gasteiger partial charge in [0.2, 0.25) is 5.28 Å². The van der Waals surface area contributed by atoms with Crippen molar-refractivity contribution in [2.24, 2.45) is 14.1 Å². The van der Waals surface area contributed by atoms with Crippen LogP contribution in [0.4, 0.5) is 0 Å². The molecule has 0 saturated heterocycles. The zero-order valence-corrected chi connectivity index (χ0v) is 17.8. The third-order valence-corrected chi connectivity index (χ3v) is 5.95. The minimum absolute atomic E-state index is 0.0975. The number of carbonyl (C=O) groups excluding carboxylic acids is 1. The Kier molecular flexibility index (Phi) is 5.04. The summed E-state index contributed by atoms with van der Waals surface area (Å²) in [6.45, 7) is 0.222. The number of nitrogens with zero attached hydrogens (tertiary/aromatic N) is 5. The number of methoxy groups -OCH3 is 1. The zero-order chi connectivity index (χ0) is 21.6. The molecule has 0 aliphatic heterocycles. The molecular weight excluding hydrogens is 430 g/mol. The van der Waals surface area contributed by atoms with Crippen LogP contribution in [-0.2, 0) is 25.4 Å². The Morgan fingerprint density at radius 1 is 1.13 bits per heavy atom. The first-order valence-corrected chi connectivity index (χ1v) is 10.0. The summed E-state index contributed by atoms with van der Waals surface area (Å²) in [6.07, 6.45) is 0. The molecule has 0 unspecified atom stereocenters. The van der Waals surface area contributed by atoms with Gasteiger partial charge in [-0.15, -0.1) is 11.3 Å². The predicted octanol–water partition coefficient (Wildman–Crippen LogP) is 2.05. The van der Waals surface area contributed by atoms with Gasteiger partial charge in [-0.2, -0.15) is 4.98 Å². The van der Waals surface area contributed by atoms with Crippen molar-refractivity contribution in [2.75, 3.05) is 7.11 Å². The molecule has 0 aliphatic rings. The number of hydrogen-bond donors (Lipinski definition) is 0. The molecule has 3 heterocycles. The van der Waals surface area contributed by atoms with E-state index in [1.54, 1.807) is 24.3 Å². The van der Waals surface area contributed by atoms with Crippen LogP contribution >= 0.6 is 22.9 Å². The molecule has 0 amide bonds. The van der Waals surface area contributed by atoms with Crippen LogP contribution in [0.1, 0.15) is 16.1 Å². The van der Waals surface area contributed by atoms with E-state index in [-0.39, 0.29) is 23.0 Å². The van der Waals surface area contributed by atoms with E-state index in [4.69, 9.17) is 16.3 Å². The fourth-order valence-electron chi connectivity index (χ4n) is 3.11. The molecule has 9 nitrogen and oxygen atoms in total. The maximum absolute atomic E-state index is 12.6. The van der Waals surface area contributed by atoms with Gasteiger partial charge in [-0.3, -0.25) is 13.9 Å². The van der Waals surface area contributed by atoms with Crippen LogP contribution in [0.25, 0.3) is 21.7 Å². The maximum Gasteiger partial charge on any atom is 0.337 e. The molecule has 3 aromatic heterocycles. The lowest BCUT2D eigenvalue weighted by Gasteiger charge is -2.06. The third kappa shape index (κ3) is 3.23. The van der Waals surface area contributed by atoms with E-state index < -0.39 is 17.2 Å². The molecule has 0 spiro atoms. The van der Waals surface area contributed by atoms with Crippen LogP contribution in [0.2, 0.25) is 5.28 Å². The number of ether oxygens (including phenoxy) is 1. The monoisotopic (exact) mass is 445 g/mol. The van der Waals surface area contributed by atoms with Crippen LogP contribution in [0.15, 0.2) is 39.2 Å². The van der Waals surface area contributed by atoms with Crippen molar-refractivity contribution in [1.82, 2.24) is 23.7 Å². The highest BCUT2D eigenvalue weighted by Gasteiger charge is 2.19. The minimum atomic E-state index is -0.472. The lowest BCUT2D eigenvalue weighted by Crippen LogP contribution is -2.37. The fraction of sp³-hybridized carbons (Fsp3) is 0.211. The Bertz CT molecular complexity index is 1400. The molecule has 0 radical (unpaired) electrons. The standard InChI is InChI=1S/C19H16ClN5O4S/c1-23-14-13(16(26)24(2)19(23)28)25(18(20)22-14)8-12-9-30-15(21-12)10-4-6-11(7-5-10)17(27)29-3/h4-7,9H,8H2,1-3H3. The molecule has 0 fully saturated rings. The normalized spacial score (nSPS) is 11.2. The Labute approximate surface area is 178 Å². The first-order chi connectivity index (χ1) is 14.3. The molecule has 0 atom stereocenters. The van der Waals surface area contributed by atoms with E-state index >= 15 is 0 Å². The summed E-state index contributed by atoms with van der Waals surface area (Å²) < 4.78 is 8.55. The van der Waals surface area contributed by atoms with Crippen molar-refractivity contribution < 1.29 is 9.53 Å². The summed E-state index contributed by atoms with van der Waals surface area (Å²) >= 11 is 7.70. The van der Waals surface area contributed by atoms with Gasteiger partial charge in [0.25, 0.3) is 5.56 Å². The van der Waals surface area contributed by atoms with Crippen LogP contribution in [0, 0.1) is 0 Å². The van der Waals surface area contributed by atoms with Gasteiger partial charge < -0.3 is 9.30 Å². The summed E-state index contributed by atoms with van der Waals surface area (Å²) in [5.41, 5.74) is 1.50. The molecule has 30 heavy (non-hydrogen) atoms. The number of benzene rings is 1. The lowest BCUT2D eigenvalue weighted by molar-refractivity contribution is 0.0601. The molecular formula is C19H16ClN5O4S. The number of aromatic nitrogens is 5. The fourth-order valence-corrected chi connectivity index (χ4v) is 4.15. The number of esters is 1. The Balaban J connectivity index is 1.70. The maximum atomic E-state index is 12.6. The number of halogens is 1. The second-order valence-corrected chi connectivity index (χ2v) is 7.75. The smallest absolute Gasteiger partial charge is 0.337 e. The van der Waals surface area contributed by atoms with Crippen molar-refractivity contribution in [2.45, 2.75) is 6.54 Å². The number of thiazole rings is 1. The second-order valence-electron chi connectivity index (χ2n) is 6.56. The highest BCUT2D eigenvalue weighted by molar-refractivity contribution is 7.13. The number of fused-ring (bicyclic) bond motifs is 1. The van der Waals surface area contributed by atoms with Crippen LogP contribution in [0.5, 0.6) is 0 Å². The molecule has 154 valence electrons. The highest BCUT2D eigenvalue weighted by Crippen LogP contribution is 2.26. The van der Waals surface area contributed by atoms with Gasteiger partial charge in [0.15, 0.2) is 11.2 Å². The number of hydrogen-bond acceptors (Lipinski definition) is 7. The van der Waals surface area contributed by atoms with Crippen molar-refractivity contribution >= 4 is 40.1 Å². The summed E-state index contributed by atoms with van der Waals surface area (Å²) in [6, 6.07) is 6.93. The summed E-state index contributed by atoms with van der Waals surface area (Å²) in [5, 5.41) is 2.71. The van der Waals surface area contributed by atoms with Crippen molar-refractivity contribution in [3.8, 4) is 10.6 Å². The van der Waals surface area contributed by atoms with Gasteiger partial charge in [-0.1, -0.05) is 12.1 Å². The first kappa shape index (κ1) is 20.0. The molecule has 0 saturated carbocycles. The van der Waals surface area contributed by atoms with Crippen LogP contribution in [0.3, 0.4) is 0 Å². The van der Waals surface area contributed by atoms with Crippen LogP contribution < -0.4 is 11.2 Å². The third-order valence-electron chi connectivity index (χ3n) is 4.73. The first-order valence-electron chi connectivity index (χ1n) is 8.76.